The van der Waals surface area contributed by atoms with Gasteiger partial charge in [-0.05, 0) is 35.7 Å². The van der Waals surface area contributed by atoms with Crippen LogP contribution in [-0.4, -0.2) is 32.9 Å². The quantitative estimate of drug-likeness (QED) is 0.784. The lowest BCUT2D eigenvalue weighted by molar-refractivity contribution is 0.0673. The molecule has 3 aromatic rings. The van der Waals surface area contributed by atoms with Gasteiger partial charge in [-0.2, -0.15) is 0 Å². The van der Waals surface area contributed by atoms with Gasteiger partial charge in [0.25, 0.3) is 0 Å². The number of hydrogen-bond acceptors (Lipinski definition) is 4. The van der Waals surface area contributed by atoms with E-state index in [1.165, 1.54) is 10.9 Å². The molecule has 0 radical (unpaired) electrons. The number of ether oxygens (including phenoxy) is 4. The highest BCUT2D eigenvalue weighted by Crippen LogP contribution is 2.43. The van der Waals surface area contributed by atoms with Gasteiger partial charge in [0.05, 0.1) is 33.6 Å². The van der Waals surface area contributed by atoms with E-state index in [0.29, 0.717) is 23.9 Å². The van der Waals surface area contributed by atoms with Gasteiger partial charge in [-0.1, -0.05) is 18.2 Å². The van der Waals surface area contributed by atoms with E-state index in [0.717, 1.165) is 23.2 Å². The third-order valence-electron chi connectivity index (χ3n) is 4.74. The van der Waals surface area contributed by atoms with E-state index in [-0.39, 0.29) is 6.10 Å². The normalized spacial score (nSPS) is 16.5. The van der Waals surface area contributed by atoms with E-state index in [2.05, 4.69) is 23.2 Å². The summed E-state index contributed by atoms with van der Waals surface area (Å²) in [5.74, 6) is 1.84. The Bertz CT molecular complexity index is 890. The molecule has 2 heterocycles. The fourth-order valence-corrected chi connectivity index (χ4v) is 3.59. The third-order valence-corrected chi connectivity index (χ3v) is 4.74. The van der Waals surface area contributed by atoms with E-state index >= 15 is 0 Å². The van der Waals surface area contributed by atoms with Crippen molar-refractivity contribution in [2.75, 3.05) is 27.9 Å². The van der Waals surface area contributed by atoms with Crippen molar-refractivity contribution in [2.45, 2.75) is 12.5 Å². The Hall–Kier alpha value is -2.66. The molecule has 1 N–H and O–H groups in total. The molecule has 0 fully saturated rings. The third kappa shape index (κ3) is 2.51. The molecule has 1 atom stereocenters. The largest absolute Gasteiger partial charge is 0.493 e. The van der Waals surface area contributed by atoms with E-state index in [1.807, 2.05) is 18.2 Å². The number of aromatic nitrogens is 1. The predicted octanol–water partition coefficient (Wildman–Crippen LogP) is 3.86. The predicted molar refractivity (Wildman–Crippen MR) is 95.9 cm³/mol. The van der Waals surface area contributed by atoms with Crippen molar-refractivity contribution in [3.05, 3.63) is 53.2 Å². The maximum absolute atomic E-state index is 6.11. The summed E-state index contributed by atoms with van der Waals surface area (Å²) in [6, 6.07) is 12.3. The maximum Gasteiger partial charge on any atom is 0.203 e. The highest BCUT2D eigenvalue weighted by atomic mass is 16.5. The van der Waals surface area contributed by atoms with Crippen molar-refractivity contribution >= 4 is 10.9 Å². The Morgan fingerprint density at radius 1 is 1.00 bits per heavy atom. The van der Waals surface area contributed by atoms with Crippen LogP contribution in [0.1, 0.15) is 22.9 Å². The minimum Gasteiger partial charge on any atom is -0.493 e. The fourth-order valence-electron chi connectivity index (χ4n) is 3.59. The topological polar surface area (TPSA) is 52.7 Å². The van der Waals surface area contributed by atoms with Crippen LogP contribution in [0.5, 0.6) is 17.2 Å². The summed E-state index contributed by atoms with van der Waals surface area (Å²) in [6.45, 7) is 0.677. The first-order valence-electron chi connectivity index (χ1n) is 8.27. The monoisotopic (exact) mass is 339 g/mol. The summed E-state index contributed by atoms with van der Waals surface area (Å²) in [5.41, 5.74) is 4.53. The summed E-state index contributed by atoms with van der Waals surface area (Å²) in [4.78, 5) is 3.53. The molecule has 0 unspecified atom stereocenters. The summed E-state index contributed by atoms with van der Waals surface area (Å²) < 4.78 is 22.5. The number of para-hydroxylation sites is 1. The Labute approximate surface area is 146 Å². The molecule has 25 heavy (non-hydrogen) atoms. The maximum atomic E-state index is 6.11. The van der Waals surface area contributed by atoms with Gasteiger partial charge in [-0.25, -0.2) is 0 Å². The Morgan fingerprint density at radius 3 is 2.40 bits per heavy atom. The molecule has 1 aliphatic rings. The molecule has 0 saturated heterocycles. The molecule has 5 heteroatoms. The molecule has 130 valence electrons. The van der Waals surface area contributed by atoms with Gasteiger partial charge < -0.3 is 23.9 Å². The lowest BCUT2D eigenvalue weighted by atomic mass is 9.97. The van der Waals surface area contributed by atoms with Crippen LogP contribution >= 0.6 is 0 Å². The standard InChI is InChI=1S/C20H21NO4/c1-22-16-10-12(11-17(23-2)20(16)24-3)19-18-14(8-9-25-19)13-6-4-5-7-15(13)21-18/h4-7,10-11,19,21H,8-9H2,1-3H3/t19-/m1/s1. The average Bonchev–Trinajstić information content (AvgIpc) is 3.05. The molecule has 0 saturated carbocycles. The van der Waals surface area contributed by atoms with Crippen molar-refractivity contribution in [3.63, 3.8) is 0 Å². The Kier molecular flexibility index (Phi) is 4.01. The van der Waals surface area contributed by atoms with Gasteiger partial charge in [-0.15, -0.1) is 0 Å². The second-order valence-corrected chi connectivity index (χ2v) is 6.02. The van der Waals surface area contributed by atoms with Gasteiger partial charge in [0.2, 0.25) is 5.75 Å². The molecular formula is C20H21NO4. The summed E-state index contributed by atoms with van der Waals surface area (Å²) in [6.07, 6.45) is 0.713. The Morgan fingerprint density at radius 2 is 1.72 bits per heavy atom. The highest BCUT2D eigenvalue weighted by molar-refractivity contribution is 5.85. The number of H-pyrrole nitrogens is 1. The van der Waals surface area contributed by atoms with Gasteiger partial charge in [0, 0.05) is 10.9 Å². The molecule has 5 nitrogen and oxygen atoms in total. The van der Waals surface area contributed by atoms with Gasteiger partial charge in [0.15, 0.2) is 11.5 Å². The van der Waals surface area contributed by atoms with Crippen LogP contribution in [-0.2, 0) is 11.2 Å². The minimum absolute atomic E-state index is 0.190. The van der Waals surface area contributed by atoms with Gasteiger partial charge in [-0.3, -0.25) is 0 Å². The number of nitrogens with one attached hydrogen (secondary N) is 1. The lowest BCUT2D eigenvalue weighted by Crippen LogP contribution is -2.17. The number of rotatable bonds is 4. The molecule has 0 bridgehead atoms. The van der Waals surface area contributed by atoms with Crippen molar-refractivity contribution in [2.24, 2.45) is 0 Å². The van der Waals surface area contributed by atoms with Gasteiger partial charge >= 0.3 is 0 Å². The van der Waals surface area contributed by atoms with Crippen molar-refractivity contribution < 1.29 is 18.9 Å². The van der Waals surface area contributed by atoms with Crippen LogP contribution in [0, 0.1) is 0 Å². The second-order valence-electron chi connectivity index (χ2n) is 6.02. The first-order chi connectivity index (χ1) is 12.3. The zero-order chi connectivity index (χ0) is 17.4. The first kappa shape index (κ1) is 15.8. The Balaban J connectivity index is 1.87. The van der Waals surface area contributed by atoms with Crippen LogP contribution < -0.4 is 14.2 Å². The van der Waals surface area contributed by atoms with Crippen LogP contribution in [0.15, 0.2) is 36.4 Å². The number of benzene rings is 2. The molecule has 0 amide bonds. The van der Waals surface area contributed by atoms with E-state index in [4.69, 9.17) is 18.9 Å². The van der Waals surface area contributed by atoms with E-state index in [9.17, 15) is 0 Å². The molecule has 1 aromatic heterocycles. The SMILES string of the molecule is COc1cc([C@H]2OCCc3c2[nH]c2ccccc32)cc(OC)c1OC. The minimum atomic E-state index is -0.190. The number of aromatic amines is 1. The highest BCUT2D eigenvalue weighted by Gasteiger charge is 2.28. The lowest BCUT2D eigenvalue weighted by Gasteiger charge is -2.25. The number of hydrogen-bond donors (Lipinski definition) is 1. The van der Waals surface area contributed by atoms with Crippen molar-refractivity contribution in [1.29, 1.82) is 0 Å². The summed E-state index contributed by atoms with van der Waals surface area (Å²) in [5, 5.41) is 1.26. The molecule has 4 rings (SSSR count). The first-order valence-corrected chi connectivity index (χ1v) is 8.27. The van der Waals surface area contributed by atoms with E-state index < -0.39 is 0 Å². The molecule has 0 aliphatic carbocycles. The van der Waals surface area contributed by atoms with Crippen molar-refractivity contribution in [3.8, 4) is 17.2 Å². The van der Waals surface area contributed by atoms with Crippen LogP contribution in [0.4, 0.5) is 0 Å². The molecule has 2 aromatic carbocycles. The fraction of sp³-hybridized carbons (Fsp3) is 0.300. The smallest absolute Gasteiger partial charge is 0.203 e. The van der Waals surface area contributed by atoms with E-state index in [1.54, 1.807) is 21.3 Å². The number of fused-ring (bicyclic) bond motifs is 3. The average molecular weight is 339 g/mol. The molecular weight excluding hydrogens is 318 g/mol. The van der Waals surface area contributed by atoms with Gasteiger partial charge in [0.1, 0.15) is 6.10 Å². The van der Waals surface area contributed by atoms with Crippen molar-refractivity contribution in [1.82, 2.24) is 4.98 Å². The van der Waals surface area contributed by atoms with Crippen LogP contribution in [0.3, 0.4) is 0 Å². The number of methoxy groups -OCH3 is 3. The summed E-state index contributed by atoms with van der Waals surface area (Å²) in [7, 11) is 4.85. The molecule has 0 spiro atoms. The second kappa shape index (κ2) is 6.33. The zero-order valence-electron chi connectivity index (χ0n) is 14.6. The van der Waals surface area contributed by atoms with Crippen LogP contribution in [0.2, 0.25) is 0 Å². The summed E-state index contributed by atoms with van der Waals surface area (Å²) >= 11 is 0. The molecule has 1 aliphatic heterocycles. The van der Waals surface area contributed by atoms with Crippen LogP contribution in [0.25, 0.3) is 10.9 Å². The zero-order valence-corrected chi connectivity index (χ0v) is 14.6.